The van der Waals surface area contributed by atoms with E-state index in [4.69, 9.17) is 0 Å². The predicted molar refractivity (Wildman–Crippen MR) is 47.6 cm³/mol. The van der Waals surface area contributed by atoms with Crippen LogP contribution in [0.3, 0.4) is 0 Å². The summed E-state index contributed by atoms with van der Waals surface area (Å²) in [6.07, 6.45) is 0. The summed E-state index contributed by atoms with van der Waals surface area (Å²) in [5.74, 6) is 0.375. The second-order valence-electron chi connectivity index (χ2n) is 3.04. The Balaban J connectivity index is 2.54. The standard InChI is InChI=1S/C9H10FN4/c1-13-9(11-14(2)12-13)7-4-3-5-8(10)6-7/h3-6H,1-2H3/q+1. The van der Waals surface area contributed by atoms with Gasteiger partial charge in [-0.25, -0.2) is 4.39 Å². The van der Waals surface area contributed by atoms with Gasteiger partial charge >= 0.3 is 5.82 Å². The molecule has 0 atom stereocenters. The molecule has 1 aromatic heterocycles. The van der Waals surface area contributed by atoms with E-state index in [1.54, 1.807) is 30.9 Å². The Hall–Kier alpha value is -1.78. The van der Waals surface area contributed by atoms with E-state index < -0.39 is 0 Å². The summed E-state index contributed by atoms with van der Waals surface area (Å²) < 4.78 is 14.5. The molecule has 0 saturated heterocycles. The van der Waals surface area contributed by atoms with Crippen LogP contribution in [0.5, 0.6) is 0 Å². The lowest BCUT2D eigenvalue weighted by Gasteiger charge is -1.92. The maximum atomic E-state index is 12.9. The molecule has 0 radical (unpaired) electrons. The minimum atomic E-state index is -0.270. The molecule has 0 fully saturated rings. The van der Waals surface area contributed by atoms with E-state index in [1.807, 2.05) is 0 Å². The van der Waals surface area contributed by atoms with Crippen molar-refractivity contribution in [1.82, 2.24) is 15.1 Å². The van der Waals surface area contributed by atoms with Gasteiger partial charge < -0.3 is 0 Å². The number of nitrogens with zero attached hydrogens (tertiary/aromatic N) is 4. The molecule has 0 saturated carbocycles. The van der Waals surface area contributed by atoms with Gasteiger partial charge in [0.2, 0.25) is 0 Å². The highest BCUT2D eigenvalue weighted by Crippen LogP contribution is 2.12. The van der Waals surface area contributed by atoms with Crippen molar-refractivity contribution in [2.24, 2.45) is 14.1 Å². The summed E-state index contributed by atoms with van der Waals surface area (Å²) in [6, 6.07) is 6.29. The van der Waals surface area contributed by atoms with Gasteiger partial charge in [0, 0.05) is 0 Å². The molecular formula is C9H10FN4+. The highest BCUT2D eigenvalue weighted by atomic mass is 19.1. The number of aryl methyl sites for hydroxylation is 2. The van der Waals surface area contributed by atoms with Crippen molar-refractivity contribution in [2.75, 3.05) is 0 Å². The Morgan fingerprint density at radius 3 is 2.79 bits per heavy atom. The molecule has 5 heteroatoms. The number of benzene rings is 1. The summed E-state index contributed by atoms with van der Waals surface area (Å²) >= 11 is 0. The van der Waals surface area contributed by atoms with Gasteiger partial charge in [0.25, 0.3) is 0 Å². The van der Waals surface area contributed by atoms with Crippen LogP contribution in [0.25, 0.3) is 11.4 Å². The fraction of sp³-hybridized carbons (Fsp3) is 0.222. The summed E-state index contributed by atoms with van der Waals surface area (Å²) in [7, 11) is 3.50. The molecule has 0 spiro atoms. The third-order valence-electron chi connectivity index (χ3n) is 1.89. The van der Waals surface area contributed by atoms with Crippen molar-refractivity contribution in [3.8, 4) is 11.4 Å². The van der Waals surface area contributed by atoms with Gasteiger partial charge in [-0.05, 0) is 23.0 Å². The molecule has 4 nitrogen and oxygen atoms in total. The number of aromatic nitrogens is 4. The van der Waals surface area contributed by atoms with Gasteiger partial charge in [0.1, 0.15) is 12.9 Å². The smallest absolute Gasteiger partial charge is 0.207 e. The zero-order valence-corrected chi connectivity index (χ0v) is 7.98. The third-order valence-corrected chi connectivity index (χ3v) is 1.89. The molecule has 0 aliphatic rings. The summed E-state index contributed by atoms with van der Waals surface area (Å²) in [5.41, 5.74) is 0.723. The Morgan fingerprint density at radius 2 is 2.21 bits per heavy atom. The van der Waals surface area contributed by atoms with E-state index in [1.165, 1.54) is 16.9 Å². The minimum absolute atomic E-state index is 0.270. The minimum Gasteiger partial charge on any atom is -0.207 e. The summed E-state index contributed by atoms with van der Waals surface area (Å²) in [4.78, 5) is 1.44. The molecule has 0 N–H and O–H groups in total. The topological polar surface area (TPSA) is 34.6 Å². The van der Waals surface area contributed by atoms with E-state index in [0.717, 1.165) is 5.56 Å². The van der Waals surface area contributed by atoms with Crippen LogP contribution in [0.2, 0.25) is 0 Å². The van der Waals surface area contributed by atoms with E-state index >= 15 is 0 Å². The first kappa shape index (κ1) is 8.80. The molecular weight excluding hydrogens is 183 g/mol. The normalized spacial score (nSPS) is 10.5. The van der Waals surface area contributed by atoms with Gasteiger partial charge in [-0.1, -0.05) is 6.07 Å². The van der Waals surface area contributed by atoms with Gasteiger partial charge in [-0.2, -0.15) is 0 Å². The average Bonchev–Trinajstić information content (AvgIpc) is 2.45. The molecule has 0 amide bonds. The SMILES string of the molecule is Cn1nc(-c2cccc(F)c2)[n+](C)n1. The number of hydrogen-bond acceptors (Lipinski definition) is 2. The summed E-state index contributed by atoms with van der Waals surface area (Å²) in [6.45, 7) is 0. The lowest BCUT2D eigenvalue weighted by molar-refractivity contribution is -0.722. The molecule has 0 bridgehead atoms. The largest absolute Gasteiger partial charge is 0.329 e. The zero-order valence-electron chi connectivity index (χ0n) is 7.98. The van der Waals surface area contributed by atoms with Crippen LogP contribution < -0.4 is 4.68 Å². The van der Waals surface area contributed by atoms with E-state index in [-0.39, 0.29) is 5.82 Å². The summed E-state index contributed by atoms with van der Waals surface area (Å²) in [5, 5.41) is 8.14. The average molecular weight is 193 g/mol. The molecule has 2 aromatic rings. The Kier molecular flexibility index (Phi) is 1.99. The molecule has 2 rings (SSSR count). The number of halogens is 1. The van der Waals surface area contributed by atoms with Crippen LogP contribution in [-0.4, -0.2) is 15.1 Å². The number of tetrazole rings is 1. The Labute approximate surface area is 80.6 Å². The second-order valence-corrected chi connectivity index (χ2v) is 3.04. The molecule has 0 aliphatic heterocycles. The molecule has 14 heavy (non-hydrogen) atoms. The van der Waals surface area contributed by atoms with Gasteiger partial charge in [0.05, 0.1) is 22.9 Å². The second kappa shape index (κ2) is 3.17. The lowest BCUT2D eigenvalue weighted by atomic mass is 10.2. The van der Waals surface area contributed by atoms with E-state index in [0.29, 0.717) is 5.82 Å². The maximum Gasteiger partial charge on any atom is 0.329 e. The van der Waals surface area contributed by atoms with Crippen LogP contribution in [-0.2, 0) is 14.1 Å². The molecule has 0 aliphatic carbocycles. The van der Waals surface area contributed by atoms with Crippen molar-refractivity contribution in [2.45, 2.75) is 0 Å². The molecule has 1 aromatic carbocycles. The van der Waals surface area contributed by atoms with Crippen LogP contribution in [0.1, 0.15) is 0 Å². The third kappa shape index (κ3) is 1.48. The highest BCUT2D eigenvalue weighted by Gasteiger charge is 2.15. The Morgan fingerprint density at radius 1 is 1.43 bits per heavy atom. The maximum absolute atomic E-state index is 12.9. The van der Waals surface area contributed by atoms with Crippen LogP contribution in [0.15, 0.2) is 24.3 Å². The van der Waals surface area contributed by atoms with Crippen molar-refractivity contribution >= 4 is 0 Å². The zero-order chi connectivity index (χ0) is 10.1. The van der Waals surface area contributed by atoms with Crippen LogP contribution in [0, 0.1) is 5.82 Å². The first-order valence-corrected chi connectivity index (χ1v) is 4.20. The number of hydrogen-bond donors (Lipinski definition) is 0. The van der Waals surface area contributed by atoms with Crippen molar-refractivity contribution in [3.63, 3.8) is 0 Å². The fourth-order valence-electron chi connectivity index (χ4n) is 1.33. The van der Waals surface area contributed by atoms with Crippen molar-refractivity contribution < 1.29 is 9.07 Å². The van der Waals surface area contributed by atoms with Gasteiger partial charge in [-0.3, -0.25) is 0 Å². The van der Waals surface area contributed by atoms with E-state index in [9.17, 15) is 4.39 Å². The molecule has 1 heterocycles. The van der Waals surface area contributed by atoms with Crippen molar-refractivity contribution in [1.29, 1.82) is 0 Å². The monoisotopic (exact) mass is 193 g/mol. The lowest BCUT2D eigenvalue weighted by Crippen LogP contribution is -2.33. The fourth-order valence-corrected chi connectivity index (χ4v) is 1.33. The molecule has 72 valence electrons. The van der Waals surface area contributed by atoms with Gasteiger partial charge in [0.15, 0.2) is 0 Å². The van der Waals surface area contributed by atoms with Crippen LogP contribution in [0.4, 0.5) is 4.39 Å². The van der Waals surface area contributed by atoms with Crippen molar-refractivity contribution in [3.05, 3.63) is 30.1 Å². The van der Waals surface area contributed by atoms with Gasteiger partial charge in [-0.15, -0.1) is 4.68 Å². The number of rotatable bonds is 1. The highest BCUT2D eigenvalue weighted by molar-refractivity contribution is 5.50. The molecule has 0 unspecified atom stereocenters. The predicted octanol–water partition coefficient (Wildman–Crippen LogP) is 0.446. The van der Waals surface area contributed by atoms with Crippen LogP contribution >= 0.6 is 0 Å². The first-order chi connectivity index (χ1) is 6.66. The van der Waals surface area contributed by atoms with E-state index in [2.05, 4.69) is 10.3 Å². The Bertz CT molecular complexity index is 464. The first-order valence-electron chi connectivity index (χ1n) is 4.20. The quantitative estimate of drug-likeness (QED) is 0.616.